The van der Waals surface area contributed by atoms with Crippen LogP contribution in [0.2, 0.25) is 0 Å². The molecule has 5 unspecified atom stereocenters. The molecule has 3 nitrogen and oxygen atoms in total. The molecule has 104 valence electrons. The van der Waals surface area contributed by atoms with Crippen LogP contribution < -0.4 is 5.32 Å². The lowest BCUT2D eigenvalue weighted by Crippen LogP contribution is -2.45. The summed E-state index contributed by atoms with van der Waals surface area (Å²) in [6.07, 6.45) is 10.2. The van der Waals surface area contributed by atoms with Gasteiger partial charge in [-0.1, -0.05) is 12.8 Å². The van der Waals surface area contributed by atoms with Crippen LogP contribution in [0, 0.1) is 29.6 Å². The van der Waals surface area contributed by atoms with Gasteiger partial charge in [-0.2, -0.15) is 0 Å². The van der Waals surface area contributed by atoms with Gasteiger partial charge >= 0.3 is 0 Å². The lowest BCUT2D eigenvalue weighted by Gasteiger charge is -2.31. The fraction of sp³-hybridized carbons (Fsp3) is 0.938. The van der Waals surface area contributed by atoms with E-state index in [2.05, 4.69) is 10.2 Å². The van der Waals surface area contributed by atoms with Gasteiger partial charge in [0.15, 0.2) is 0 Å². The number of amides is 1. The van der Waals surface area contributed by atoms with Crippen molar-refractivity contribution in [3.8, 4) is 0 Å². The van der Waals surface area contributed by atoms with E-state index in [0.29, 0.717) is 24.7 Å². The van der Waals surface area contributed by atoms with Gasteiger partial charge in [-0.15, -0.1) is 0 Å². The van der Waals surface area contributed by atoms with Crippen molar-refractivity contribution in [2.24, 2.45) is 29.6 Å². The van der Waals surface area contributed by atoms with Crippen LogP contribution in [0.1, 0.15) is 44.9 Å². The Kier molecular flexibility index (Phi) is 2.20. The second-order valence-electron chi connectivity index (χ2n) is 7.65. The summed E-state index contributed by atoms with van der Waals surface area (Å²) in [5, 5.41) is 3.54. The highest BCUT2D eigenvalue weighted by Gasteiger charge is 2.68. The largest absolute Gasteiger partial charge is 0.322 e. The molecule has 0 aromatic carbocycles. The molecule has 19 heavy (non-hydrogen) atoms. The summed E-state index contributed by atoms with van der Waals surface area (Å²) in [6.45, 7) is 0.604. The zero-order valence-corrected chi connectivity index (χ0v) is 11.6. The topological polar surface area (TPSA) is 32.3 Å². The molecule has 1 N–H and O–H groups in total. The number of nitrogens with one attached hydrogen (secondary N) is 1. The van der Waals surface area contributed by atoms with E-state index in [-0.39, 0.29) is 0 Å². The minimum atomic E-state index is 0.394. The molecule has 0 spiro atoms. The molecule has 1 aliphatic heterocycles. The van der Waals surface area contributed by atoms with Crippen molar-refractivity contribution in [3.63, 3.8) is 0 Å². The van der Waals surface area contributed by atoms with E-state index in [1.807, 2.05) is 0 Å². The Labute approximate surface area is 115 Å². The van der Waals surface area contributed by atoms with Gasteiger partial charge in [0.25, 0.3) is 0 Å². The van der Waals surface area contributed by atoms with Crippen molar-refractivity contribution >= 4 is 5.91 Å². The Morgan fingerprint density at radius 2 is 1.63 bits per heavy atom. The molecule has 5 aliphatic rings. The molecule has 0 radical (unpaired) electrons. The summed E-state index contributed by atoms with van der Waals surface area (Å²) < 4.78 is 0. The van der Waals surface area contributed by atoms with Crippen molar-refractivity contribution in [2.45, 2.75) is 57.2 Å². The molecule has 1 saturated heterocycles. The fourth-order valence-electron chi connectivity index (χ4n) is 6.21. The molecule has 0 aromatic heterocycles. The number of nitrogens with zero attached hydrogens (tertiary/aromatic N) is 1. The Balaban J connectivity index is 1.39. The quantitative estimate of drug-likeness (QED) is 0.823. The molecule has 5 atom stereocenters. The van der Waals surface area contributed by atoms with Crippen molar-refractivity contribution in [1.29, 1.82) is 0 Å². The maximum atomic E-state index is 12.4. The van der Waals surface area contributed by atoms with Crippen molar-refractivity contribution in [2.75, 3.05) is 6.54 Å². The van der Waals surface area contributed by atoms with Crippen LogP contribution in [0.15, 0.2) is 0 Å². The van der Waals surface area contributed by atoms with Crippen LogP contribution in [0.25, 0.3) is 0 Å². The molecule has 5 fully saturated rings. The lowest BCUT2D eigenvalue weighted by molar-refractivity contribution is -0.129. The number of carbonyl (C=O) groups is 1. The van der Waals surface area contributed by atoms with Gasteiger partial charge in [0, 0.05) is 6.04 Å². The van der Waals surface area contributed by atoms with E-state index >= 15 is 0 Å². The van der Waals surface area contributed by atoms with E-state index in [4.69, 9.17) is 0 Å². The van der Waals surface area contributed by atoms with Crippen LogP contribution in [0.3, 0.4) is 0 Å². The van der Waals surface area contributed by atoms with Crippen molar-refractivity contribution in [3.05, 3.63) is 0 Å². The standard InChI is InChI=1S/C16H24N2O/c19-12-8-17-16(9-3-1-2-4-9)18(12)15-13-10-5-6-11(7-10)14(13)15/h9-11,13-17H,1-8H2. The molecule has 3 heteroatoms. The summed E-state index contributed by atoms with van der Waals surface area (Å²) >= 11 is 0. The predicted molar refractivity (Wildman–Crippen MR) is 72.2 cm³/mol. The van der Waals surface area contributed by atoms with Gasteiger partial charge < -0.3 is 4.90 Å². The highest BCUT2D eigenvalue weighted by Crippen LogP contribution is 2.67. The Bertz CT molecular complexity index is 401. The first kappa shape index (κ1) is 11.1. The molecule has 1 amide bonds. The zero-order chi connectivity index (χ0) is 12.6. The molecule has 5 rings (SSSR count). The second kappa shape index (κ2) is 3.75. The zero-order valence-electron chi connectivity index (χ0n) is 11.6. The maximum absolute atomic E-state index is 12.4. The second-order valence-corrected chi connectivity index (χ2v) is 7.65. The van der Waals surface area contributed by atoms with Crippen LogP contribution in [-0.4, -0.2) is 29.6 Å². The maximum Gasteiger partial charge on any atom is 0.238 e. The third kappa shape index (κ3) is 1.40. The van der Waals surface area contributed by atoms with E-state index in [9.17, 15) is 4.79 Å². The summed E-state index contributed by atoms with van der Waals surface area (Å²) in [5.74, 6) is 4.87. The SMILES string of the molecule is O=C1CNC(C2CCCC2)N1C1C2C3CCC(C3)C21. The fourth-order valence-corrected chi connectivity index (χ4v) is 6.21. The lowest BCUT2D eigenvalue weighted by atomic mass is 10.0. The van der Waals surface area contributed by atoms with E-state index in [0.717, 1.165) is 29.6 Å². The van der Waals surface area contributed by atoms with Crippen LogP contribution in [0.4, 0.5) is 0 Å². The van der Waals surface area contributed by atoms with E-state index in [1.54, 1.807) is 0 Å². The Hall–Kier alpha value is -0.570. The average molecular weight is 260 g/mol. The molecule has 4 aliphatic carbocycles. The first-order valence-corrected chi connectivity index (χ1v) is 8.39. The summed E-state index contributed by atoms with van der Waals surface area (Å²) in [4.78, 5) is 14.7. The number of fused-ring (bicyclic) bond motifs is 5. The van der Waals surface area contributed by atoms with Crippen molar-refractivity contribution in [1.82, 2.24) is 10.2 Å². The molecular formula is C16H24N2O. The highest BCUT2D eigenvalue weighted by molar-refractivity contribution is 5.81. The van der Waals surface area contributed by atoms with E-state index in [1.165, 1.54) is 44.9 Å². The smallest absolute Gasteiger partial charge is 0.238 e. The van der Waals surface area contributed by atoms with Gasteiger partial charge in [0.1, 0.15) is 0 Å². The van der Waals surface area contributed by atoms with Crippen molar-refractivity contribution < 1.29 is 4.79 Å². The summed E-state index contributed by atoms with van der Waals surface area (Å²) in [5.41, 5.74) is 0. The van der Waals surface area contributed by atoms with Crippen LogP contribution >= 0.6 is 0 Å². The third-order valence-electron chi connectivity index (χ3n) is 6.91. The van der Waals surface area contributed by atoms with Gasteiger partial charge in [-0.25, -0.2) is 0 Å². The normalized spacial score (nSPS) is 52.2. The van der Waals surface area contributed by atoms with Gasteiger partial charge in [0.05, 0.1) is 12.7 Å². The third-order valence-corrected chi connectivity index (χ3v) is 6.91. The van der Waals surface area contributed by atoms with Gasteiger partial charge in [-0.05, 0) is 61.7 Å². The Morgan fingerprint density at radius 3 is 2.32 bits per heavy atom. The number of rotatable bonds is 2. The van der Waals surface area contributed by atoms with E-state index < -0.39 is 0 Å². The molecule has 0 aromatic rings. The van der Waals surface area contributed by atoms with Gasteiger partial charge in [0.2, 0.25) is 5.91 Å². The number of hydrogen-bond donors (Lipinski definition) is 1. The minimum Gasteiger partial charge on any atom is -0.322 e. The number of hydrogen-bond acceptors (Lipinski definition) is 2. The monoisotopic (exact) mass is 260 g/mol. The molecule has 1 heterocycles. The Morgan fingerprint density at radius 1 is 0.947 bits per heavy atom. The first-order valence-electron chi connectivity index (χ1n) is 8.39. The summed E-state index contributed by atoms with van der Waals surface area (Å²) in [6, 6.07) is 0.638. The molecular weight excluding hydrogens is 236 g/mol. The minimum absolute atomic E-state index is 0.394. The van der Waals surface area contributed by atoms with Crippen LogP contribution in [0.5, 0.6) is 0 Å². The highest BCUT2D eigenvalue weighted by atomic mass is 16.2. The first-order chi connectivity index (χ1) is 9.34. The average Bonchev–Trinajstić information content (AvgIpc) is 2.96. The summed E-state index contributed by atoms with van der Waals surface area (Å²) in [7, 11) is 0. The van der Waals surface area contributed by atoms with Crippen LogP contribution in [-0.2, 0) is 4.79 Å². The molecule has 4 saturated carbocycles. The molecule has 2 bridgehead atoms. The van der Waals surface area contributed by atoms with Gasteiger partial charge in [-0.3, -0.25) is 10.1 Å². The number of carbonyl (C=O) groups excluding carboxylic acids is 1. The predicted octanol–water partition coefficient (Wildman–Crippen LogP) is 1.98.